The van der Waals surface area contributed by atoms with Gasteiger partial charge in [-0.3, -0.25) is 0 Å². The van der Waals surface area contributed by atoms with Gasteiger partial charge in [0.1, 0.15) is 0 Å². The topological polar surface area (TPSA) is 92.4 Å². The van der Waals surface area contributed by atoms with Crippen molar-refractivity contribution in [2.24, 2.45) is 5.14 Å². The second-order valence-corrected chi connectivity index (χ2v) is 5.05. The summed E-state index contributed by atoms with van der Waals surface area (Å²) in [5.74, 6) is 0. The Hall–Kier alpha value is -0.660. The molecule has 1 atom stereocenters. The summed E-state index contributed by atoms with van der Waals surface area (Å²) < 4.78 is 23.2. The lowest BCUT2D eigenvalue weighted by atomic mass is 10.1. The molecule has 1 aromatic rings. The smallest absolute Gasteiger partial charge is 0.274 e. The van der Waals surface area contributed by atoms with E-state index in [4.69, 9.17) is 16.7 Å². The van der Waals surface area contributed by atoms with Crippen LogP contribution in [0.4, 0.5) is 0 Å². The van der Waals surface area contributed by atoms with E-state index in [0.29, 0.717) is 10.6 Å². The Balaban J connectivity index is 2.54. The minimum Gasteiger partial charge on any atom is -0.388 e. The van der Waals surface area contributed by atoms with Gasteiger partial charge in [0.05, 0.1) is 6.10 Å². The van der Waals surface area contributed by atoms with Gasteiger partial charge in [-0.2, -0.15) is 8.42 Å². The van der Waals surface area contributed by atoms with Crippen molar-refractivity contribution < 1.29 is 13.5 Å². The minimum atomic E-state index is -3.71. The number of hydrogen-bond acceptors (Lipinski definition) is 3. The quantitative estimate of drug-likeness (QED) is 0.725. The van der Waals surface area contributed by atoms with Crippen LogP contribution in [0.2, 0.25) is 5.02 Å². The summed E-state index contributed by atoms with van der Waals surface area (Å²) in [4.78, 5) is 0. The number of hydrogen-bond donors (Lipinski definition) is 3. The van der Waals surface area contributed by atoms with Gasteiger partial charge in [0.15, 0.2) is 0 Å². The number of aliphatic hydroxyl groups excluding tert-OH is 1. The molecule has 0 amide bonds. The molecule has 0 saturated carbocycles. The van der Waals surface area contributed by atoms with Crippen molar-refractivity contribution in [2.75, 3.05) is 6.54 Å². The number of halogens is 1. The molecule has 1 rings (SSSR count). The molecule has 0 bridgehead atoms. The largest absolute Gasteiger partial charge is 0.388 e. The molecular formula is C9H13ClN2O3S. The van der Waals surface area contributed by atoms with Gasteiger partial charge in [0.2, 0.25) is 0 Å². The second kappa shape index (κ2) is 5.60. The fourth-order valence-corrected chi connectivity index (χ4v) is 1.90. The molecule has 0 heterocycles. The van der Waals surface area contributed by atoms with Crippen LogP contribution in [0.25, 0.3) is 0 Å². The third kappa shape index (κ3) is 4.46. The molecule has 90 valence electrons. The van der Waals surface area contributed by atoms with Gasteiger partial charge >= 0.3 is 0 Å². The number of nitrogens with one attached hydrogen (secondary N) is 1. The molecule has 0 aliphatic carbocycles. The third-order valence-corrected chi connectivity index (χ3v) is 2.94. The van der Waals surface area contributed by atoms with Gasteiger partial charge in [-0.15, -0.1) is 0 Å². The van der Waals surface area contributed by atoms with Gasteiger partial charge in [0, 0.05) is 11.6 Å². The Morgan fingerprint density at radius 3 is 2.62 bits per heavy atom. The lowest BCUT2D eigenvalue weighted by Crippen LogP contribution is -2.32. The molecule has 7 heteroatoms. The number of rotatable bonds is 5. The van der Waals surface area contributed by atoms with E-state index in [2.05, 4.69) is 4.72 Å². The number of nitrogens with two attached hydrogens (primary N) is 1. The molecule has 0 spiro atoms. The van der Waals surface area contributed by atoms with Crippen molar-refractivity contribution in [3.05, 3.63) is 34.9 Å². The Kier molecular flexibility index (Phi) is 4.69. The van der Waals surface area contributed by atoms with Crippen LogP contribution in [0.15, 0.2) is 24.3 Å². The first-order valence-corrected chi connectivity index (χ1v) is 6.52. The van der Waals surface area contributed by atoms with E-state index in [1.807, 2.05) is 0 Å². The van der Waals surface area contributed by atoms with Crippen molar-refractivity contribution in [3.63, 3.8) is 0 Å². The highest BCUT2D eigenvalue weighted by Crippen LogP contribution is 2.24. The predicted octanol–water partition coefficient (Wildman–Crippen LogP) is 0.557. The van der Waals surface area contributed by atoms with Gasteiger partial charge in [-0.1, -0.05) is 29.8 Å². The lowest BCUT2D eigenvalue weighted by Gasteiger charge is -2.12. The molecule has 0 unspecified atom stereocenters. The highest BCUT2D eigenvalue weighted by Gasteiger charge is 2.11. The van der Waals surface area contributed by atoms with Gasteiger partial charge in [-0.25, -0.2) is 9.86 Å². The molecule has 0 saturated heterocycles. The van der Waals surface area contributed by atoms with Crippen LogP contribution in [0.1, 0.15) is 18.1 Å². The maximum absolute atomic E-state index is 10.6. The zero-order valence-corrected chi connectivity index (χ0v) is 10.0. The summed E-state index contributed by atoms with van der Waals surface area (Å²) in [7, 11) is -3.71. The maximum atomic E-state index is 10.6. The second-order valence-electron chi connectivity index (χ2n) is 3.27. The van der Waals surface area contributed by atoms with Crippen LogP contribution in [0.3, 0.4) is 0 Å². The van der Waals surface area contributed by atoms with E-state index in [1.165, 1.54) is 0 Å². The van der Waals surface area contributed by atoms with E-state index in [-0.39, 0.29) is 13.0 Å². The van der Waals surface area contributed by atoms with Crippen LogP contribution in [-0.4, -0.2) is 20.1 Å². The van der Waals surface area contributed by atoms with Crippen LogP contribution < -0.4 is 9.86 Å². The zero-order valence-electron chi connectivity index (χ0n) is 8.43. The van der Waals surface area contributed by atoms with E-state index >= 15 is 0 Å². The van der Waals surface area contributed by atoms with Crippen molar-refractivity contribution in [1.82, 2.24) is 4.72 Å². The Morgan fingerprint density at radius 2 is 2.06 bits per heavy atom. The molecule has 4 N–H and O–H groups in total. The first-order chi connectivity index (χ1) is 7.40. The van der Waals surface area contributed by atoms with Crippen LogP contribution in [0.5, 0.6) is 0 Å². The van der Waals surface area contributed by atoms with Crippen LogP contribution in [0, 0.1) is 0 Å². The molecular weight excluding hydrogens is 252 g/mol. The fraction of sp³-hybridized carbons (Fsp3) is 0.333. The van der Waals surface area contributed by atoms with Crippen molar-refractivity contribution in [3.8, 4) is 0 Å². The average molecular weight is 265 g/mol. The molecule has 1 aromatic carbocycles. The van der Waals surface area contributed by atoms with Crippen LogP contribution in [-0.2, 0) is 10.2 Å². The molecule has 0 aliphatic heterocycles. The number of aliphatic hydroxyl groups is 1. The van der Waals surface area contributed by atoms with E-state index in [9.17, 15) is 13.5 Å². The highest BCUT2D eigenvalue weighted by molar-refractivity contribution is 7.87. The maximum Gasteiger partial charge on any atom is 0.274 e. The normalized spacial score (nSPS) is 13.7. The Bertz CT molecular complexity index is 450. The molecule has 5 nitrogen and oxygen atoms in total. The molecule has 0 radical (unpaired) electrons. The Morgan fingerprint density at radius 1 is 1.44 bits per heavy atom. The first-order valence-electron chi connectivity index (χ1n) is 4.60. The summed E-state index contributed by atoms with van der Waals surface area (Å²) in [6.45, 7) is 0.0607. The summed E-state index contributed by atoms with van der Waals surface area (Å²) >= 11 is 5.86. The standard InChI is InChI=1S/C9H13ClN2O3S/c10-8-4-2-1-3-7(8)9(13)5-6-12-16(11,14)15/h1-4,9,12-13H,5-6H2,(H2,11,14,15)/t9-/m0/s1. The zero-order chi connectivity index (χ0) is 12.2. The van der Waals surface area contributed by atoms with Crippen molar-refractivity contribution in [1.29, 1.82) is 0 Å². The van der Waals surface area contributed by atoms with E-state index in [0.717, 1.165) is 0 Å². The third-order valence-electron chi connectivity index (χ3n) is 1.99. The first kappa shape index (κ1) is 13.4. The lowest BCUT2D eigenvalue weighted by molar-refractivity contribution is 0.169. The summed E-state index contributed by atoms with van der Waals surface area (Å²) in [6.07, 6.45) is -0.608. The molecule has 0 fully saturated rings. The SMILES string of the molecule is NS(=O)(=O)NCC[C@H](O)c1ccccc1Cl. The predicted molar refractivity (Wildman–Crippen MR) is 62.1 cm³/mol. The minimum absolute atomic E-state index is 0.0607. The van der Waals surface area contributed by atoms with Gasteiger partial charge < -0.3 is 5.11 Å². The average Bonchev–Trinajstić information content (AvgIpc) is 2.16. The van der Waals surface area contributed by atoms with Crippen molar-refractivity contribution in [2.45, 2.75) is 12.5 Å². The Labute approximate surface area is 99.4 Å². The van der Waals surface area contributed by atoms with E-state index in [1.54, 1.807) is 24.3 Å². The molecule has 16 heavy (non-hydrogen) atoms. The fourth-order valence-electron chi connectivity index (χ4n) is 1.24. The highest BCUT2D eigenvalue weighted by atomic mass is 35.5. The number of benzene rings is 1. The summed E-state index contributed by atoms with van der Waals surface area (Å²) in [5.41, 5.74) is 0.570. The molecule has 0 aromatic heterocycles. The molecule has 0 aliphatic rings. The van der Waals surface area contributed by atoms with Crippen LogP contribution >= 0.6 is 11.6 Å². The van der Waals surface area contributed by atoms with Crippen molar-refractivity contribution >= 4 is 21.8 Å². The van der Waals surface area contributed by atoms with Gasteiger partial charge in [-0.05, 0) is 18.1 Å². The summed E-state index contributed by atoms with van der Waals surface area (Å²) in [6, 6.07) is 6.84. The monoisotopic (exact) mass is 264 g/mol. The van der Waals surface area contributed by atoms with E-state index < -0.39 is 16.3 Å². The van der Waals surface area contributed by atoms with Gasteiger partial charge in [0.25, 0.3) is 10.2 Å². The summed E-state index contributed by atoms with van der Waals surface area (Å²) in [5, 5.41) is 14.9.